The van der Waals surface area contributed by atoms with Gasteiger partial charge in [0.05, 0.1) is 6.61 Å². The van der Waals surface area contributed by atoms with Crippen molar-refractivity contribution in [2.75, 3.05) is 6.61 Å². The van der Waals surface area contributed by atoms with Crippen molar-refractivity contribution in [2.45, 2.75) is 20.8 Å². The Labute approximate surface area is 104 Å². The number of ketones is 1. The van der Waals surface area contributed by atoms with Gasteiger partial charge in [0.15, 0.2) is 17.3 Å². The van der Waals surface area contributed by atoms with E-state index in [9.17, 15) is 14.0 Å². The molecular formula is C13H15FO4. The SMILES string of the molecule is CCOc1ccc(C(=O)C(C)(C)C(=O)O)cc1F. The Balaban J connectivity index is 3.09. The standard InChI is InChI=1S/C13H15FO4/c1-4-18-10-6-5-8(7-9(10)14)11(15)13(2,3)12(16)17/h5-7H,4H2,1-3H3,(H,16,17). The van der Waals surface area contributed by atoms with E-state index in [0.717, 1.165) is 6.07 Å². The molecule has 0 spiro atoms. The van der Waals surface area contributed by atoms with Gasteiger partial charge >= 0.3 is 5.97 Å². The van der Waals surface area contributed by atoms with Crippen LogP contribution in [0.2, 0.25) is 0 Å². The Morgan fingerprint density at radius 2 is 2.00 bits per heavy atom. The van der Waals surface area contributed by atoms with Crippen molar-refractivity contribution >= 4 is 11.8 Å². The third kappa shape index (κ3) is 2.67. The molecule has 0 aliphatic rings. The Morgan fingerprint density at radius 1 is 1.39 bits per heavy atom. The molecule has 4 nitrogen and oxygen atoms in total. The fraction of sp³-hybridized carbons (Fsp3) is 0.385. The first-order valence-electron chi connectivity index (χ1n) is 5.51. The summed E-state index contributed by atoms with van der Waals surface area (Å²) in [7, 11) is 0. The highest BCUT2D eigenvalue weighted by Crippen LogP contribution is 2.25. The van der Waals surface area contributed by atoms with E-state index in [0.29, 0.717) is 6.61 Å². The van der Waals surface area contributed by atoms with Gasteiger partial charge in [-0.2, -0.15) is 0 Å². The van der Waals surface area contributed by atoms with Crippen LogP contribution in [0.25, 0.3) is 0 Å². The predicted molar refractivity (Wildman–Crippen MR) is 63.3 cm³/mol. The third-order valence-electron chi connectivity index (χ3n) is 2.60. The Morgan fingerprint density at radius 3 is 2.44 bits per heavy atom. The molecule has 1 N–H and O–H groups in total. The van der Waals surface area contributed by atoms with Crippen LogP contribution in [0.3, 0.4) is 0 Å². The largest absolute Gasteiger partial charge is 0.491 e. The number of benzene rings is 1. The molecule has 0 bridgehead atoms. The summed E-state index contributed by atoms with van der Waals surface area (Å²) in [5.74, 6) is -2.52. The zero-order valence-corrected chi connectivity index (χ0v) is 10.5. The number of aliphatic carboxylic acids is 1. The topological polar surface area (TPSA) is 63.6 Å². The lowest BCUT2D eigenvalue weighted by atomic mass is 9.84. The first-order valence-corrected chi connectivity index (χ1v) is 5.51. The molecule has 5 heteroatoms. The molecule has 0 heterocycles. The molecule has 1 aromatic rings. The summed E-state index contributed by atoms with van der Waals surface area (Å²) in [5, 5.41) is 8.94. The molecule has 0 aliphatic carbocycles. The number of hydrogen-bond donors (Lipinski definition) is 1. The Hall–Kier alpha value is -1.91. The second kappa shape index (κ2) is 5.16. The lowest BCUT2D eigenvalue weighted by Crippen LogP contribution is -2.33. The molecule has 0 aliphatic heterocycles. The molecule has 18 heavy (non-hydrogen) atoms. The van der Waals surface area contributed by atoms with Crippen LogP contribution in [0.1, 0.15) is 31.1 Å². The van der Waals surface area contributed by atoms with E-state index in [1.165, 1.54) is 26.0 Å². The lowest BCUT2D eigenvalue weighted by molar-refractivity contribution is -0.144. The van der Waals surface area contributed by atoms with Crippen molar-refractivity contribution < 1.29 is 23.8 Å². The summed E-state index contributed by atoms with van der Waals surface area (Å²) in [5.41, 5.74) is -1.57. The van der Waals surface area contributed by atoms with E-state index >= 15 is 0 Å². The van der Waals surface area contributed by atoms with Crippen LogP contribution >= 0.6 is 0 Å². The Bertz CT molecular complexity index is 480. The van der Waals surface area contributed by atoms with Gasteiger partial charge < -0.3 is 9.84 Å². The highest BCUT2D eigenvalue weighted by atomic mass is 19.1. The van der Waals surface area contributed by atoms with Gasteiger partial charge in [0.1, 0.15) is 5.41 Å². The zero-order valence-electron chi connectivity index (χ0n) is 10.5. The molecule has 0 fully saturated rings. The smallest absolute Gasteiger partial charge is 0.316 e. The minimum Gasteiger partial charge on any atom is -0.491 e. The number of halogens is 1. The van der Waals surface area contributed by atoms with Crippen LogP contribution in [0.15, 0.2) is 18.2 Å². The number of carboxylic acid groups (broad SMARTS) is 1. The summed E-state index contributed by atoms with van der Waals surface area (Å²) < 4.78 is 18.6. The average Bonchev–Trinajstić information content (AvgIpc) is 2.30. The molecule has 0 amide bonds. The van der Waals surface area contributed by atoms with Crippen LogP contribution in [-0.4, -0.2) is 23.5 Å². The minimum absolute atomic E-state index is 0.0170. The molecule has 1 aromatic carbocycles. The van der Waals surface area contributed by atoms with Crippen molar-refractivity contribution in [3.63, 3.8) is 0 Å². The zero-order chi connectivity index (χ0) is 13.9. The van der Waals surface area contributed by atoms with Gasteiger partial charge in [-0.25, -0.2) is 4.39 Å². The Kier molecular flexibility index (Phi) is 4.06. The van der Waals surface area contributed by atoms with Gasteiger partial charge in [0, 0.05) is 5.56 Å². The molecule has 0 radical (unpaired) electrons. The molecule has 0 unspecified atom stereocenters. The van der Waals surface area contributed by atoms with Gasteiger partial charge in [-0.05, 0) is 39.0 Å². The second-order valence-electron chi connectivity index (χ2n) is 4.34. The van der Waals surface area contributed by atoms with Crippen molar-refractivity contribution in [3.8, 4) is 5.75 Å². The summed E-state index contributed by atoms with van der Waals surface area (Å²) in [6.07, 6.45) is 0. The summed E-state index contributed by atoms with van der Waals surface area (Å²) in [4.78, 5) is 22.9. The average molecular weight is 254 g/mol. The third-order valence-corrected chi connectivity index (χ3v) is 2.60. The summed E-state index contributed by atoms with van der Waals surface area (Å²) >= 11 is 0. The fourth-order valence-corrected chi connectivity index (χ4v) is 1.37. The number of rotatable bonds is 5. The number of carbonyl (C=O) groups excluding carboxylic acids is 1. The number of carbonyl (C=O) groups is 2. The van der Waals surface area contributed by atoms with Crippen LogP contribution in [0.5, 0.6) is 5.75 Å². The number of carboxylic acids is 1. The maximum Gasteiger partial charge on any atom is 0.316 e. The quantitative estimate of drug-likeness (QED) is 0.647. The van der Waals surface area contributed by atoms with E-state index < -0.39 is 23.0 Å². The van der Waals surface area contributed by atoms with Gasteiger partial charge in [-0.15, -0.1) is 0 Å². The number of hydrogen-bond acceptors (Lipinski definition) is 3. The first-order chi connectivity index (χ1) is 8.30. The number of ether oxygens (including phenoxy) is 1. The summed E-state index contributed by atoms with van der Waals surface area (Å²) in [6, 6.07) is 3.68. The molecule has 1 rings (SSSR count). The van der Waals surface area contributed by atoms with Crippen molar-refractivity contribution in [1.29, 1.82) is 0 Å². The van der Waals surface area contributed by atoms with Crippen molar-refractivity contribution in [2.24, 2.45) is 5.41 Å². The van der Waals surface area contributed by atoms with E-state index in [4.69, 9.17) is 9.84 Å². The van der Waals surface area contributed by atoms with Gasteiger partial charge in [0.25, 0.3) is 0 Å². The maximum absolute atomic E-state index is 13.6. The molecule has 98 valence electrons. The lowest BCUT2D eigenvalue weighted by Gasteiger charge is -2.17. The maximum atomic E-state index is 13.6. The van der Waals surface area contributed by atoms with E-state index in [2.05, 4.69) is 0 Å². The first kappa shape index (κ1) is 14.2. The highest BCUT2D eigenvalue weighted by molar-refractivity contribution is 6.11. The normalized spacial score (nSPS) is 11.1. The van der Waals surface area contributed by atoms with E-state index in [1.807, 2.05) is 0 Å². The van der Waals surface area contributed by atoms with Crippen LogP contribution in [0.4, 0.5) is 4.39 Å². The number of Topliss-reactive ketones (excluding diaryl/α,β-unsaturated/α-hetero) is 1. The second-order valence-corrected chi connectivity index (χ2v) is 4.34. The van der Waals surface area contributed by atoms with Gasteiger partial charge in [-0.1, -0.05) is 0 Å². The van der Waals surface area contributed by atoms with Gasteiger partial charge in [0.2, 0.25) is 0 Å². The van der Waals surface area contributed by atoms with E-state index in [-0.39, 0.29) is 11.3 Å². The molecule has 0 atom stereocenters. The van der Waals surface area contributed by atoms with Gasteiger partial charge in [-0.3, -0.25) is 9.59 Å². The molecule has 0 saturated carbocycles. The van der Waals surface area contributed by atoms with E-state index in [1.54, 1.807) is 6.92 Å². The molecular weight excluding hydrogens is 239 g/mol. The summed E-state index contributed by atoms with van der Waals surface area (Å²) in [6.45, 7) is 4.59. The van der Waals surface area contributed by atoms with Crippen LogP contribution in [0, 0.1) is 11.2 Å². The molecule has 0 aromatic heterocycles. The highest BCUT2D eigenvalue weighted by Gasteiger charge is 2.36. The van der Waals surface area contributed by atoms with Crippen LogP contribution < -0.4 is 4.74 Å². The predicted octanol–water partition coefficient (Wildman–Crippen LogP) is 2.52. The van der Waals surface area contributed by atoms with Crippen molar-refractivity contribution in [3.05, 3.63) is 29.6 Å². The van der Waals surface area contributed by atoms with Crippen molar-refractivity contribution in [1.82, 2.24) is 0 Å². The monoisotopic (exact) mass is 254 g/mol. The van der Waals surface area contributed by atoms with Crippen LogP contribution in [-0.2, 0) is 4.79 Å². The minimum atomic E-state index is -1.58. The molecule has 0 saturated heterocycles. The fourth-order valence-electron chi connectivity index (χ4n) is 1.37.